The lowest BCUT2D eigenvalue weighted by Crippen LogP contribution is -2.25. The van der Waals surface area contributed by atoms with Crippen LogP contribution in [0.1, 0.15) is 11.3 Å². The number of nitrogens with one attached hydrogen (secondary N) is 1. The summed E-state index contributed by atoms with van der Waals surface area (Å²) in [6.45, 7) is 0.0797. The van der Waals surface area contributed by atoms with E-state index in [4.69, 9.17) is 17.0 Å². The minimum atomic E-state index is -4.63. The van der Waals surface area contributed by atoms with E-state index >= 15 is 0 Å². The number of aromatic amines is 1. The van der Waals surface area contributed by atoms with Gasteiger partial charge >= 0.3 is 6.18 Å². The van der Waals surface area contributed by atoms with Crippen molar-refractivity contribution < 1.29 is 17.9 Å². The third-order valence-electron chi connectivity index (χ3n) is 2.83. The normalized spacial score (nSPS) is 11.4. The van der Waals surface area contributed by atoms with E-state index in [1.165, 1.54) is 7.11 Å². The van der Waals surface area contributed by atoms with Crippen LogP contribution < -0.4 is 10.3 Å². The van der Waals surface area contributed by atoms with Gasteiger partial charge in [0.15, 0.2) is 4.77 Å². The number of alkyl halides is 3. The first-order valence-electron chi connectivity index (χ1n) is 5.85. The maximum Gasteiger partial charge on any atom is 0.431 e. The number of hydrogen-bond acceptors (Lipinski definition) is 3. The van der Waals surface area contributed by atoms with Crippen molar-refractivity contribution in [2.24, 2.45) is 0 Å². The molecule has 0 aliphatic carbocycles. The van der Waals surface area contributed by atoms with Gasteiger partial charge in [-0.2, -0.15) is 13.2 Å². The highest BCUT2D eigenvalue weighted by atomic mass is 32.1. The summed E-state index contributed by atoms with van der Waals surface area (Å²) in [4.78, 5) is 13.8. The quantitative estimate of drug-likeness (QED) is 0.886. The largest absolute Gasteiger partial charge is 0.497 e. The van der Waals surface area contributed by atoms with Crippen molar-refractivity contribution in [3.63, 3.8) is 0 Å². The van der Waals surface area contributed by atoms with Crippen LogP contribution in [0.3, 0.4) is 0 Å². The van der Waals surface area contributed by atoms with Gasteiger partial charge in [0.1, 0.15) is 11.4 Å². The molecule has 0 bridgehead atoms. The molecule has 2 aromatic rings. The van der Waals surface area contributed by atoms with Crippen molar-refractivity contribution in [1.29, 1.82) is 0 Å². The zero-order valence-electron chi connectivity index (χ0n) is 10.9. The van der Waals surface area contributed by atoms with Gasteiger partial charge in [-0.15, -0.1) is 0 Å². The Labute approximate surface area is 122 Å². The van der Waals surface area contributed by atoms with Crippen molar-refractivity contribution in [1.82, 2.24) is 9.55 Å². The summed E-state index contributed by atoms with van der Waals surface area (Å²) in [5, 5.41) is 0. The molecule has 0 aliphatic heterocycles. The Morgan fingerprint density at radius 2 is 1.90 bits per heavy atom. The van der Waals surface area contributed by atoms with Crippen molar-refractivity contribution in [3.05, 3.63) is 56.7 Å². The predicted molar refractivity (Wildman–Crippen MR) is 73.0 cm³/mol. The SMILES string of the molecule is COc1ccc(Cn2c(=O)cc(C(F)(F)F)[nH]c2=S)cc1. The smallest absolute Gasteiger partial charge is 0.431 e. The molecule has 0 spiro atoms. The minimum Gasteiger partial charge on any atom is -0.497 e. The molecule has 4 nitrogen and oxygen atoms in total. The first-order chi connectivity index (χ1) is 9.81. The van der Waals surface area contributed by atoms with E-state index in [-0.39, 0.29) is 11.3 Å². The van der Waals surface area contributed by atoms with E-state index in [1.54, 1.807) is 24.3 Å². The van der Waals surface area contributed by atoms with Gasteiger partial charge in [0.2, 0.25) is 0 Å². The molecule has 1 aromatic heterocycles. The standard InChI is InChI=1S/C13H11F3N2O2S/c1-20-9-4-2-8(3-5-9)7-18-11(19)6-10(13(14,15)16)17-12(18)21/h2-6H,7H2,1H3,(H,17,21). The molecule has 1 aromatic carbocycles. The molecule has 0 saturated carbocycles. The molecule has 0 saturated heterocycles. The number of H-pyrrole nitrogens is 1. The first-order valence-corrected chi connectivity index (χ1v) is 6.26. The number of halogens is 3. The summed E-state index contributed by atoms with van der Waals surface area (Å²) in [5.74, 6) is 0.642. The molecule has 1 heterocycles. The molecule has 0 radical (unpaired) electrons. The highest BCUT2D eigenvalue weighted by Crippen LogP contribution is 2.26. The second-order valence-electron chi connectivity index (χ2n) is 4.26. The summed E-state index contributed by atoms with van der Waals surface area (Å²) >= 11 is 4.83. The Kier molecular flexibility index (Phi) is 4.17. The van der Waals surface area contributed by atoms with E-state index in [0.29, 0.717) is 11.8 Å². The Morgan fingerprint density at radius 3 is 2.38 bits per heavy atom. The van der Waals surface area contributed by atoms with Gasteiger partial charge in [0.25, 0.3) is 5.56 Å². The van der Waals surface area contributed by atoms with Crippen LogP contribution in [0.2, 0.25) is 0 Å². The summed E-state index contributed by atoms with van der Waals surface area (Å²) in [5.41, 5.74) is -1.23. The fourth-order valence-corrected chi connectivity index (χ4v) is 2.00. The molecule has 1 N–H and O–H groups in total. The van der Waals surface area contributed by atoms with Crippen LogP contribution in [-0.4, -0.2) is 16.7 Å². The van der Waals surface area contributed by atoms with Crippen molar-refractivity contribution >= 4 is 12.2 Å². The summed E-state index contributed by atoms with van der Waals surface area (Å²) in [6, 6.07) is 7.29. The lowest BCUT2D eigenvalue weighted by atomic mass is 10.2. The number of nitrogens with zero attached hydrogens (tertiary/aromatic N) is 1. The van der Waals surface area contributed by atoms with E-state index in [0.717, 1.165) is 10.1 Å². The Morgan fingerprint density at radius 1 is 1.29 bits per heavy atom. The van der Waals surface area contributed by atoms with Gasteiger partial charge in [-0.05, 0) is 29.9 Å². The molecule has 0 fully saturated rings. The summed E-state index contributed by atoms with van der Waals surface area (Å²) < 4.78 is 43.4. The van der Waals surface area contributed by atoms with E-state index < -0.39 is 17.4 Å². The van der Waals surface area contributed by atoms with Crippen LogP contribution in [0.4, 0.5) is 13.2 Å². The maximum atomic E-state index is 12.6. The molecule has 0 aliphatic rings. The van der Waals surface area contributed by atoms with Crippen molar-refractivity contribution in [3.8, 4) is 5.75 Å². The van der Waals surface area contributed by atoms with E-state index in [1.807, 2.05) is 4.98 Å². The van der Waals surface area contributed by atoms with Crippen LogP contribution >= 0.6 is 12.2 Å². The molecule has 21 heavy (non-hydrogen) atoms. The van der Waals surface area contributed by atoms with Gasteiger partial charge in [-0.3, -0.25) is 9.36 Å². The lowest BCUT2D eigenvalue weighted by Gasteiger charge is -2.10. The third kappa shape index (κ3) is 3.52. The average molecular weight is 316 g/mol. The van der Waals surface area contributed by atoms with E-state index in [9.17, 15) is 18.0 Å². The zero-order valence-corrected chi connectivity index (χ0v) is 11.7. The fraction of sp³-hybridized carbons (Fsp3) is 0.231. The summed E-state index contributed by atoms with van der Waals surface area (Å²) in [6.07, 6.45) is -4.63. The molecule has 0 unspecified atom stereocenters. The second kappa shape index (κ2) is 5.72. The number of hydrogen-bond donors (Lipinski definition) is 1. The number of rotatable bonds is 3. The zero-order chi connectivity index (χ0) is 15.6. The molecular formula is C13H11F3N2O2S. The topological polar surface area (TPSA) is 47.0 Å². The van der Waals surface area contributed by atoms with Crippen molar-refractivity contribution in [2.75, 3.05) is 7.11 Å². The minimum absolute atomic E-state index is 0.0797. The maximum absolute atomic E-state index is 12.6. The average Bonchev–Trinajstić information content (AvgIpc) is 2.42. The predicted octanol–water partition coefficient (Wildman–Crippen LogP) is 2.98. The highest BCUT2D eigenvalue weighted by molar-refractivity contribution is 7.71. The fourth-order valence-electron chi connectivity index (χ4n) is 1.74. The first kappa shape index (κ1) is 15.3. The number of ether oxygens (including phenoxy) is 1. The highest BCUT2D eigenvalue weighted by Gasteiger charge is 2.32. The van der Waals surface area contributed by atoms with Crippen LogP contribution in [0.25, 0.3) is 0 Å². The Balaban J connectivity index is 2.36. The van der Waals surface area contributed by atoms with Gasteiger partial charge in [-0.1, -0.05) is 12.1 Å². The lowest BCUT2D eigenvalue weighted by molar-refractivity contribution is -0.141. The van der Waals surface area contributed by atoms with E-state index in [2.05, 4.69) is 0 Å². The van der Waals surface area contributed by atoms with Crippen LogP contribution in [0.15, 0.2) is 35.1 Å². The Bertz CT molecular complexity index is 716. The molecule has 0 atom stereocenters. The van der Waals surface area contributed by atoms with Gasteiger partial charge in [-0.25, -0.2) is 0 Å². The van der Waals surface area contributed by atoms with Gasteiger partial charge in [0.05, 0.1) is 13.7 Å². The monoisotopic (exact) mass is 316 g/mol. The molecular weight excluding hydrogens is 305 g/mol. The van der Waals surface area contributed by atoms with Crippen LogP contribution in [-0.2, 0) is 12.7 Å². The number of methoxy groups -OCH3 is 1. The van der Waals surface area contributed by atoms with Crippen LogP contribution in [0.5, 0.6) is 5.75 Å². The molecule has 8 heteroatoms. The summed E-state index contributed by atoms with van der Waals surface area (Å²) in [7, 11) is 1.52. The number of benzene rings is 1. The van der Waals surface area contributed by atoms with Gasteiger partial charge < -0.3 is 9.72 Å². The number of aromatic nitrogens is 2. The molecule has 0 amide bonds. The van der Waals surface area contributed by atoms with Crippen molar-refractivity contribution in [2.45, 2.75) is 12.7 Å². The second-order valence-corrected chi connectivity index (χ2v) is 4.65. The van der Waals surface area contributed by atoms with Crippen LogP contribution in [0, 0.1) is 4.77 Å². The van der Waals surface area contributed by atoms with Gasteiger partial charge in [0, 0.05) is 6.07 Å². The third-order valence-corrected chi connectivity index (χ3v) is 3.15. The Hall–Kier alpha value is -2.09. The molecule has 2 rings (SSSR count). The molecule has 112 valence electrons.